The van der Waals surface area contributed by atoms with Gasteiger partial charge in [-0.1, -0.05) is 6.07 Å². The number of methoxy groups -OCH3 is 1. The van der Waals surface area contributed by atoms with E-state index in [1.54, 1.807) is 21.0 Å². The van der Waals surface area contributed by atoms with Crippen molar-refractivity contribution in [2.75, 3.05) is 12.9 Å². The van der Waals surface area contributed by atoms with E-state index in [-0.39, 0.29) is 0 Å². The highest BCUT2D eigenvalue weighted by Crippen LogP contribution is 2.34. The molecule has 1 N–H and O–H groups in total. The maximum Gasteiger partial charge on any atom is 0.309 e. The first kappa shape index (κ1) is 13.9. The van der Waals surface area contributed by atoms with E-state index in [0.717, 1.165) is 16.2 Å². The van der Waals surface area contributed by atoms with Crippen molar-refractivity contribution >= 4 is 17.7 Å². The summed E-state index contributed by atoms with van der Waals surface area (Å²) in [7, 11) is 1.62. The first-order valence-electron chi connectivity index (χ1n) is 5.37. The molecule has 0 saturated carbocycles. The van der Waals surface area contributed by atoms with E-state index in [1.807, 2.05) is 25.1 Å². The summed E-state index contributed by atoms with van der Waals surface area (Å²) in [5.74, 6) is 0.528. The van der Waals surface area contributed by atoms with Crippen LogP contribution in [0.5, 0.6) is 5.75 Å². The predicted octanol–water partition coefficient (Wildman–Crippen LogP) is 3.21. The van der Waals surface area contributed by atoms with Crippen molar-refractivity contribution in [2.24, 2.45) is 5.41 Å². The smallest absolute Gasteiger partial charge is 0.309 e. The Hall–Kier alpha value is -1.16. The zero-order valence-electron chi connectivity index (χ0n) is 10.6. The summed E-state index contributed by atoms with van der Waals surface area (Å²) < 4.78 is 5.26. The molecule has 0 spiro atoms. The van der Waals surface area contributed by atoms with Crippen LogP contribution in [-0.4, -0.2) is 23.9 Å². The molecular weight excluding hydrogens is 236 g/mol. The quantitative estimate of drug-likeness (QED) is 0.820. The van der Waals surface area contributed by atoms with Crippen LogP contribution in [0.4, 0.5) is 0 Å². The van der Waals surface area contributed by atoms with E-state index < -0.39 is 11.4 Å². The standard InChI is InChI=1S/C13H18O3S/c1-9-5-6-10(16-4)11(7-9)17-8-13(2,3)12(14)15/h5-7H,8H2,1-4H3,(H,14,15). The average molecular weight is 254 g/mol. The Bertz CT molecular complexity index is 413. The number of carboxylic acid groups (broad SMARTS) is 1. The van der Waals surface area contributed by atoms with Gasteiger partial charge in [-0.05, 0) is 38.5 Å². The van der Waals surface area contributed by atoms with Crippen LogP contribution in [-0.2, 0) is 4.79 Å². The average Bonchev–Trinajstić information content (AvgIpc) is 2.26. The van der Waals surface area contributed by atoms with E-state index >= 15 is 0 Å². The largest absolute Gasteiger partial charge is 0.496 e. The Kier molecular flexibility index (Phi) is 4.46. The highest BCUT2D eigenvalue weighted by Gasteiger charge is 2.27. The van der Waals surface area contributed by atoms with Gasteiger partial charge in [0.05, 0.1) is 12.5 Å². The molecule has 1 aromatic rings. The number of carboxylic acids is 1. The van der Waals surface area contributed by atoms with Gasteiger partial charge in [0, 0.05) is 10.6 Å². The maximum atomic E-state index is 11.0. The van der Waals surface area contributed by atoms with Crippen LogP contribution >= 0.6 is 11.8 Å². The van der Waals surface area contributed by atoms with Crippen LogP contribution in [0.1, 0.15) is 19.4 Å². The van der Waals surface area contributed by atoms with E-state index in [9.17, 15) is 4.79 Å². The summed E-state index contributed by atoms with van der Waals surface area (Å²) in [6.45, 7) is 5.46. The lowest BCUT2D eigenvalue weighted by atomic mass is 9.97. The van der Waals surface area contributed by atoms with Gasteiger partial charge in [0.1, 0.15) is 5.75 Å². The third kappa shape index (κ3) is 3.66. The Morgan fingerprint density at radius 3 is 2.65 bits per heavy atom. The predicted molar refractivity (Wildman–Crippen MR) is 69.9 cm³/mol. The van der Waals surface area contributed by atoms with Crippen LogP contribution in [0.25, 0.3) is 0 Å². The van der Waals surface area contributed by atoms with E-state index in [4.69, 9.17) is 9.84 Å². The topological polar surface area (TPSA) is 46.5 Å². The fourth-order valence-electron chi connectivity index (χ4n) is 1.22. The number of ether oxygens (including phenoxy) is 1. The molecule has 0 aliphatic rings. The highest BCUT2D eigenvalue weighted by molar-refractivity contribution is 7.99. The molecule has 0 fully saturated rings. The monoisotopic (exact) mass is 254 g/mol. The van der Waals surface area contributed by atoms with Crippen molar-refractivity contribution < 1.29 is 14.6 Å². The van der Waals surface area contributed by atoms with Gasteiger partial charge in [-0.25, -0.2) is 0 Å². The third-order valence-corrected chi connectivity index (χ3v) is 3.98. The summed E-state index contributed by atoms with van der Waals surface area (Å²) >= 11 is 1.52. The second-order valence-electron chi connectivity index (χ2n) is 4.63. The normalized spacial score (nSPS) is 11.3. The van der Waals surface area contributed by atoms with Crippen molar-refractivity contribution in [2.45, 2.75) is 25.7 Å². The first-order valence-corrected chi connectivity index (χ1v) is 6.36. The lowest BCUT2D eigenvalue weighted by Gasteiger charge is -2.19. The van der Waals surface area contributed by atoms with Gasteiger partial charge in [0.2, 0.25) is 0 Å². The lowest BCUT2D eigenvalue weighted by Crippen LogP contribution is -2.26. The van der Waals surface area contributed by atoms with E-state index in [1.165, 1.54) is 11.8 Å². The minimum atomic E-state index is -0.781. The van der Waals surface area contributed by atoms with Crippen molar-refractivity contribution in [1.29, 1.82) is 0 Å². The molecule has 1 aromatic carbocycles. The molecule has 1 rings (SSSR count). The van der Waals surface area contributed by atoms with Crippen LogP contribution in [0.15, 0.2) is 23.1 Å². The van der Waals surface area contributed by atoms with Gasteiger partial charge in [-0.15, -0.1) is 11.8 Å². The summed E-state index contributed by atoms with van der Waals surface area (Å²) in [6, 6.07) is 5.90. The SMILES string of the molecule is COc1ccc(C)cc1SCC(C)(C)C(=O)O. The summed E-state index contributed by atoms with van der Waals surface area (Å²) in [4.78, 5) is 12.0. The number of benzene rings is 1. The number of aliphatic carboxylic acids is 1. The molecule has 0 aliphatic heterocycles. The van der Waals surface area contributed by atoms with Crippen LogP contribution in [0, 0.1) is 12.3 Å². The Balaban J connectivity index is 2.81. The Labute approximate surface area is 106 Å². The molecule has 0 heterocycles. The van der Waals surface area contributed by atoms with Crippen LogP contribution < -0.4 is 4.74 Å². The summed E-state index contributed by atoms with van der Waals surface area (Å²) in [5.41, 5.74) is 0.404. The Morgan fingerprint density at radius 2 is 2.12 bits per heavy atom. The molecule has 0 unspecified atom stereocenters. The second kappa shape index (κ2) is 5.45. The number of hydrogen-bond donors (Lipinski definition) is 1. The van der Waals surface area contributed by atoms with Gasteiger partial charge < -0.3 is 9.84 Å². The molecule has 0 aliphatic carbocycles. The molecule has 0 atom stereocenters. The molecule has 94 valence electrons. The number of thioether (sulfide) groups is 1. The number of carbonyl (C=O) groups is 1. The van der Waals surface area contributed by atoms with E-state index in [2.05, 4.69) is 0 Å². The minimum absolute atomic E-state index is 0.516. The highest BCUT2D eigenvalue weighted by atomic mass is 32.2. The van der Waals surface area contributed by atoms with Gasteiger partial charge in [-0.3, -0.25) is 4.79 Å². The summed E-state index contributed by atoms with van der Waals surface area (Å²) in [5, 5.41) is 9.06. The van der Waals surface area contributed by atoms with Crippen LogP contribution in [0.3, 0.4) is 0 Å². The van der Waals surface area contributed by atoms with Gasteiger partial charge in [0.15, 0.2) is 0 Å². The zero-order valence-corrected chi connectivity index (χ0v) is 11.4. The minimum Gasteiger partial charge on any atom is -0.496 e. The molecule has 0 amide bonds. The van der Waals surface area contributed by atoms with Gasteiger partial charge >= 0.3 is 5.97 Å². The van der Waals surface area contributed by atoms with Crippen molar-refractivity contribution in [3.8, 4) is 5.75 Å². The molecule has 0 saturated heterocycles. The van der Waals surface area contributed by atoms with Crippen molar-refractivity contribution in [3.63, 3.8) is 0 Å². The molecule has 0 bridgehead atoms. The Morgan fingerprint density at radius 1 is 1.47 bits per heavy atom. The number of aryl methyl sites for hydroxylation is 1. The van der Waals surface area contributed by atoms with Crippen LogP contribution in [0.2, 0.25) is 0 Å². The molecule has 3 nitrogen and oxygen atoms in total. The second-order valence-corrected chi connectivity index (χ2v) is 5.65. The molecule has 4 heteroatoms. The lowest BCUT2D eigenvalue weighted by molar-refractivity contribution is -0.145. The fourth-order valence-corrected chi connectivity index (χ4v) is 2.42. The first-order chi connectivity index (χ1) is 7.86. The molecule has 0 aromatic heterocycles. The van der Waals surface area contributed by atoms with Gasteiger partial charge in [0.25, 0.3) is 0 Å². The van der Waals surface area contributed by atoms with E-state index in [0.29, 0.717) is 5.75 Å². The maximum absolute atomic E-state index is 11.0. The fraction of sp³-hybridized carbons (Fsp3) is 0.462. The zero-order chi connectivity index (χ0) is 13.1. The molecule has 17 heavy (non-hydrogen) atoms. The third-order valence-electron chi connectivity index (χ3n) is 2.49. The van der Waals surface area contributed by atoms with Gasteiger partial charge in [-0.2, -0.15) is 0 Å². The number of rotatable bonds is 5. The summed E-state index contributed by atoms with van der Waals surface area (Å²) in [6.07, 6.45) is 0. The number of hydrogen-bond acceptors (Lipinski definition) is 3. The van der Waals surface area contributed by atoms with Crippen molar-refractivity contribution in [3.05, 3.63) is 23.8 Å². The molecular formula is C13H18O3S. The van der Waals surface area contributed by atoms with Crippen molar-refractivity contribution in [1.82, 2.24) is 0 Å². The molecule has 0 radical (unpaired) electrons.